The molecule has 30 heavy (non-hydrogen) atoms. The maximum absolute atomic E-state index is 14.4. The van der Waals surface area contributed by atoms with Crippen LogP contribution < -0.4 is 5.32 Å². The number of aromatic nitrogens is 1. The predicted octanol–water partition coefficient (Wildman–Crippen LogP) is 6.22. The number of halogens is 3. The molecule has 5 nitrogen and oxygen atoms in total. The van der Waals surface area contributed by atoms with Crippen molar-refractivity contribution in [1.29, 1.82) is 0 Å². The van der Waals surface area contributed by atoms with E-state index in [9.17, 15) is 23.5 Å². The number of nitrogens with one attached hydrogen (secondary N) is 1. The van der Waals surface area contributed by atoms with Gasteiger partial charge in [-0.2, -0.15) is 0 Å². The third kappa shape index (κ3) is 3.55. The lowest BCUT2D eigenvalue weighted by atomic mass is 10.0. The summed E-state index contributed by atoms with van der Waals surface area (Å²) in [4.78, 5) is 28.7. The molecule has 0 aliphatic carbocycles. The van der Waals surface area contributed by atoms with E-state index in [1.54, 1.807) is 18.2 Å². The number of nitrogens with zero attached hydrogens (tertiary/aromatic N) is 1. The molecule has 152 valence electrons. The van der Waals surface area contributed by atoms with Gasteiger partial charge < -0.3 is 10.4 Å². The van der Waals surface area contributed by atoms with E-state index in [0.717, 1.165) is 27.4 Å². The first kappa shape index (κ1) is 20.4. The van der Waals surface area contributed by atoms with Gasteiger partial charge in [-0.3, -0.25) is 4.79 Å². The van der Waals surface area contributed by atoms with Gasteiger partial charge in [0.05, 0.1) is 10.2 Å². The van der Waals surface area contributed by atoms with Crippen LogP contribution in [0.3, 0.4) is 0 Å². The summed E-state index contributed by atoms with van der Waals surface area (Å²) < 4.78 is 29.1. The van der Waals surface area contributed by atoms with Crippen LogP contribution in [-0.4, -0.2) is 22.0 Å². The van der Waals surface area contributed by atoms with Crippen molar-refractivity contribution in [3.05, 3.63) is 68.5 Å². The zero-order chi connectivity index (χ0) is 21.6. The molecule has 10 heteroatoms. The fraction of sp³-hybridized carbons (Fsp3) is 0.0500. The van der Waals surface area contributed by atoms with Gasteiger partial charge >= 0.3 is 5.97 Å². The zero-order valence-corrected chi connectivity index (χ0v) is 17.5. The highest BCUT2D eigenvalue weighted by atomic mass is 35.5. The second kappa shape index (κ2) is 7.75. The van der Waals surface area contributed by atoms with Crippen molar-refractivity contribution >= 4 is 61.4 Å². The fourth-order valence-electron chi connectivity index (χ4n) is 2.87. The van der Waals surface area contributed by atoms with E-state index in [4.69, 9.17) is 11.6 Å². The highest BCUT2D eigenvalue weighted by Crippen LogP contribution is 2.38. The summed E-state index contributed by atoms with van der Waals surface area (Å²) in [6.07, 6.45) is 0. The Kier molecular flexibility index (Phi) is 5.27. The van der Waals surface area contributed by atoms with Gasteiger partial charge in [-0.05, 0) is 30.7 Å². The van der Waals surface area contributed by atoms with E-state index < -0.39 is 23.5 Å². The fourth-order valence-corrected chi connectivity index (χ4v) is 4.82. The second-order valence-electron chi connectivity index (χ2n) is 6.30. The molecule has 1 amide bonds. The number of carbonyl (C=O) groups is 2. The van der Waals surface area contributed by atoms with E-state index in [0.29, 0.717) is 10.5 Å². The highest BCUT2D eigenvalue weighted by molar-refractivity contribution is 7.20. The molecule has 4 rings (SSSR count). The molecule has 0 saturated heterocycles. The van der Waals surface area contributed by atoms with E-state index in [2.05, 4.69) is 10.3 Å². The smallest absolute Gasteiger partial charge is 0.339 e. The minimum absolute atomic E-state index is 0.000159. The van der Waals surface area contributed by atoms with Gasteiger partial charge in [-0.1, -0.05) is 23.7 Å². The van der Waals surface area contributed by atoms with Crippen LogP contribution >= 0.6 is 34.3 Å². The third-order valence-electron chi connectivity index (χ3n) is 4.34. The van der Waals surface area contributed by atoms with E-state index in [-0.39, 0.29) is 32.3 Å². The minimum atomic E-state index is -1.38. The number of thiazole rings is 1. The monoisotopic (exact) mass is 464 g/mol. The van der Waals surface area contributed by atoms with Crippen molar-refractivity contribution in [2.45, 2.75) is 6.92 Å². The Hall–Kier alpha value is -2.88. The van der Waals surface area contributed by atoms with Crippen molar-refractivity contribution < 1.29 is 23.5 Å². The molecule has 0 bridgehead atoms. The number of carboxylic acid groups (broad SMARTS) is 1. The molecule has 0 fully saturated rings. The lowest BCUT2D eigenvalue weighted by Crippen LogP contribution is -2.13. The van der Waals surface area contributed by atoms with Crippen molar-refractivity contribution in [2.75, 3.05) is 5.32 Å². The molecule has 2 N–H and O–H groups in total. The number of aromatic carboxylic acids is 1. The standard InChI is InChI=1S/C20H11ClF2N2O3S2/c1-8-2-4-10(16(23)15(8)22)11-7-29-18(14(11)20(27)28)25-17(26)19-24-12-6-9(21)3-5-13(12)30-19/h2-7H,1H3,(H,25,26)(H,27,28). The molecular formula is C20H11ClF2N2O3S2. The zero-order valence-electron chi connectivity index (χ0n) is 15.1. The number of aryl methyl sites for hydroxylation is 1. The number of benzene rings is 2. The van der Waals surface area contributed by atoms with Gasteiger partial charge in [0.25, 0.3) is 5.91 Å². The maximum atomic E-state index is 14.4. The molecule has 0 atom stereocenters. The summed E-state index contributed by atoms with van der Waals surface area (Å²) in [6, 6.07) is 7.69. The molecule has 0 saturated carbocycles. The van der Waals surface area contributed by atoms with Gasteiger partial charge in [0.2, 0.25) is 0 Å². The number of fused-ring (bicyclic) bond motifs is 1. The number of hydrogen-bond donors (Lipinski definition) is 2. The van der Waals surface area contributed by atoms with Crippen LogP contribution in [0.4, 0.5) is 13.8 Å². The van der Waals surface area contributed by atoms with Crippen molar-refractivity contribution in [2.24, 2.45) is 0 Å². The first-order chi connectivity index (χ1) is 14.3. The summed E-state index contributed by atoms with van der Waals surface area (Å²) in [7, 11) is 0. The Morgan fingerprint density at radius 1 is 1.13 bits per heavy atom. The number of carboxylic acids is 1. The highest BCUT2D eigenvalue weighted by Gasteiger charge is 2.25. The van der Waals surface area contributed by atoms with Gasteiger partial charge in [0.15, 0.2) is 16.6 Å². The average molecular weight is 465 g/mol. The van der Waals surface area contributed by atoms with Crippen LogP contribution in [0.25, 0.3) is 21.3 Å². The van der Waals surface area contributed by atoms with Gasteiger partial charge in [-0.25, -0.2) is 18.6 Å². The number of hydrogen-bond acceptors (Lipinski definition) is 5. The number of amides is 1. The van der Waals surface area contributed by atoms with Crippen molar-refractivity contribution in [1.82, 2.24) is 4.98 Å². The molecular weight excluding hydrogens is 454 g/mol. The Morgan fingerprint density at radius 3 is 2.63 bits per heavy atom. The number of anilines is 1. The molecule has 0 aliphatic heterocycles. The summed E-state index contributed by atoms with van der Waals surface area (Å²) in [6.45, 7) is 1.41. The van der Waals surface area contributed by atoms with Crippen LogP contribution in [-0.2, 0) is 0 Å². The van der Waals surface area contributed by atoms with Gasteiger partial charge in [0, 0.05) is 21.5 Å². The number of thiophene rings is 1. The molecule has 0 spiro atoms. The average Bonchev–Trinajstić information content (AvgIpc) is 3.30. The van der Waals surface area contributed by atoms with Crippen LogP contribution in [0, 0.1) is 18.6 Å². The summed E-state index contributed by atoms with van der Waals surface area (Å²) in [5, 5.41) is 14.1. The first-order valence-corrected chi connectivity index (χ1v) is 10.5. The molecule has 2 aromatic heterocycles. The quantitative estimate of drug-likeness (QED) is 0.376. The normalized spacial score (nSPS) is 11.1. The molecule has 0 aliphatic rings. The van der Waals surface area contributed by atoms with Crippen molar-refractivity contribution in [3.63, 3.8) is 0 Å². The SMILES string of the molecule is Cc1ccc(-c2csc(NC(=O)c3nc4cc(Cl)ccc4s3)c2C(=O)O)c(F)c1F. The topological polar surface area (TPSA) is 79.3 Å². The predicted molar refractivity (Wildman–Crippen MR) is 114 cm³/mol. The number of carbonyl (C=O) groups excluding carboxylic acids is 1. The molecule has 4 aromatic rings. The van der Waals surface area contributed by atoms with Gasteiger partial charge in [0.1, 0.15) is 10.6 Å². The lowest BCUT2D eigenvalue weighted by Gasteiger charge is -2.07. The third-order valence-corrected chi connectivity index (χ3v) is 6.51. The summed E-state index contributed by atoms with van der Waals surface area (Å²) in [5.74, 6) is -4.18. The minimum Gasteiger partial charge on any atom is -0.478 e. The summed E-state index contributed by atoms with van der Waals surface area (Å²) >= 11 is 7.96. The molecule has 0 radical (unpaired) electrons. The van der Waals surface area contributed by atoms with Crippen LogP contribution in [0.1, 0.15) is 25.7 Å². The molecule has 2 heterocycles. The van der Waals surface area contributed by atoms with Crippen LogP contribution in [0.5, 0.6) is 0 Å². The molecule has 2 aromatic carbocycles. The summed E-state index contributed by atoms with van der Waals surface area (Å²) in [5.41, 5.74) is 0.116. The molecule has 0 unspecified atom stereocenters. The second-order valence-corrected chi connectivity index (χ2v) is 8.65. The van der Waals surface area contributed by atoms with Crippen molar-refractivity contribution in [3.8, 4) is 11.1 Å². The van der Waals surface area contributed by atoms with E-state index >= 15 is 0 Å². The Balaban J connectivity index is 1.72. The van der Waals surface area contributed by atoms with E-state index in [1.807, 2.05) is 0 Å². The maximum Gasteiger partial charge on any atom is 0.339 e. The van der Waals surface area contributed by atoms with Crippen LogP contribution in [0.15, 0.2) is 35.7 Å². The van der Waals surface area contributed by atoms with Gasteiger partial charge in [-0.15, -0.1) is 22.7 Å². The van der Waals surface area contributed by atoms with Crippen LogP contribution in [0.2, 0.25) is 5.02 Å². The Morgan fingerprint density at radius 2 is 1.90 bits per heavy atom. The Labute approximate surface area is 181 Å². The number of rotatable bonds is 4. The first-order valence-electron chi connectivity index (χ1n) is 8.43. The van der Waals surface area contributed by atoms with E-state index in [1.165, 1.54) is 24.4 Å². The Bertz CT molecular complexity index is 1330. The largest absolute Gasteiger partial charge is 0.478 e. The lowest BCUT2D eigenvalue weighted by molar-refractivity contribution is 0.0699.